The van der Waals surface area contributed by atoms with Crippen LogP contribution in [0.2, 0.25) is 0 Å². The van der Waals surface area contributed by atoms with Crippen LogP contribution in [0.4, 0.5) is 20.6 Å². The van der Waals surface area contributed by atoms with Crippen molar-refractivity contribution < 1.29 is 28.6 Å². The number of aliphatic hydroxyl groups excluding tert-OH is 1. The van der Waals surface area contributed by atoms with Crippen LogP contribution in [0.25, 0.3) is 0 Å². The zero-order valence-electron chi connectivity index (χ0n) is 21.2. The summed E-state index contributed by atoms with van der Waals surface area (Å²) in [5, 5.41) is 15.4. The zero-order valence-corrected chi connectivity index (χ0v) is 21.2. The second-order valence-corrected chi connectivity index (χ2v) is 9.89. The topological polar surface area (TPSA) is 111 Å². The lowest BCUT2D eigenvalue weighted by atomic mass is 9.99. The largest absolute Gasteiger partial charge is 0.485 e. The third-order valence-electron chi connectivity index (χ3n) is 6.79. The predicted molar refractivity (Wildman–Crippen MR) is 137 cm³/mol. The number of carbonyl (C=O) groups excluding carboxylic acids is 3. The Hall–Kier alpha value is -3.66. The Kier molecular flexibility index (Phi) is 7.97. The number of nitrogens with one attached hydrogen (secondary N) is 2. The summed E-state index contributed by atoms with van der Waals surface area (Å²) in [7, 11) is 1.62. The van der Waals surface area contributed by atoms with E-state index in [2.05, 4.69) is 10.6 Å². The zero-order chi connectivity index (χ0) is 26.7. The van der Waals surface area contributed by atoms with Gasteiger partial charge in [0.25, 0.3) is 5.91 Å². The van der Waals surface area contributed by atoms with Gasteiger partial charge in [0, 0.05) is 31.1 Å². The van der Waals surface area contributed by atoms with Crippen LogP contribution >= 0.6 is 0 Å². The van der Waals surface area contributed by atoms with Crippen molar-refractivity contribution in [3.8, 4) is 5.75 Å². The number of carbonyl (C=O) groups is 3. The maximum absolute atomic E-state index is 13.5. The van der Waals surface area contributed by atoms with Crippen LogP contribution in [0.3, 0.4) is 0 Å². The lowest BCUT2D eigenvalue weighted by molar-refractivity contribution is -0.117. The van der Waals surface area contributed by atoms with Crippen LogP contribution in [0, 0.1) is 17.7 Å². The van der Waals surface area contributed by atoms with Gasteiger partial charge in [-0.25, -0.2) is 9.18 Å². The van der Waals surface area contributed by atoms with E-state index in [0.717, 1.165) is 12.8 Å². The van der Waals surface area contributed by atoms with E-state index in [1.807, 2.05) is 6.92 Å². The molecule has 198 valence electrons. The first-order chi connectivity index (χ1) is 17.7. The van der Waals surface area contributed by atoms with Gasteiger partial charge in [0.15, 0.2) is 5.75 Å². The Balaban J connectivity index is 1.61. The standard InChI is InChI=1S/C27H33FN4O5/c1-16-13-32(17(2)15-33)26(35)21-5-4-6-22(30-25(34)18-7-8-18)24(21)37-23(16)14-31(3)27(36)29-20-11-9-19(28)10-12-20/h4-6,9-12,16-18,23,33H,7-8,13-15H2,1-3H3,(H,29,36)(H,30,34)/t16-,17-,23+/m0/s1. The molecule has 9 nitrogen and oxygen atoms in total. The smallest absolute Gasteiger partial charge is 0.321 e. The molecular formula is C27H33FN4O5. The summed E-state index contributed by atoms with van der Waals surface area (Å²) in [6.07, 6.45) is 1.12. The number of ether oxygens (including phenoxy) is 1. The fourth-order valence-corrected chi connectivity index (χ4v) is 4.24. The maximum Gasteiger partial charge on any atom is 0.321 e. The predicted octanol–water partition coefficient (Wildman–Crippen LogP) is 3.56. The number of benzene rings is 2. The van der Waals surface area contributed by atoms with Crippen LogP contribution in [0.5, 0.6) is 5.75 Å². The number of para-hydroxylation sites is 1. The van der Waals surface area contributed by atoms with E-state index in [1.165, 1.54) is 29.2 Å². The molecule has 1 aliphatic carbocycles. The molecule has 1 aliphatic heterocycles. The second-order valence-electron chi connectivity index (χ2n) is 9.89. The fraction of sp³-hybridized carbons (Fsp3) is 0.444. The van der Waals surface area contributed by atoms with Crippen molar-refractivity contribution in [2.45, 2.75) is 38.8 Å². The third-order valence-corrected chi connectivity index (χ3v) is 6.79. The van der Waals surface area contributed by atoms with E-state index in [-0.39, 0.29) is 48.1 Å². The molecule has 2 aliphatic rings. The molecule has 0 aromatic heterocycles. The number of hydrogen-bond donors (Lipinski definition) is 3. The first kappa shape index (κ1) is 26.4. The number of rotatable bonds is 7. The normalized spacial score (nSPS) is 20.1. The SMILES string of the molecule is C[C@H]1CN([C@@H](C)CO)C(=O)c2cccc(NC(=O)C3CC3)c2O[C@@H]1CN(C)C(=O)Nc1ccc(F)cc1. The Bertz CT molecular complexity index is 1150. The van der Waals surface area contributed by atoms with Gasteiger partial charge in [0.1, 0.15) is 11.9 Å². The third kappa shape index (κ3) is 6.19. The van der Waals surface area contributed by atoms with Crippen LogP contribution < -0.4 is 15.4 Å². The van der Waals surface area contributed by atoms with Crippen molar-refractivity contribution in [3.05, 3.63) is 53.8 Å². The molecule has 0 spiro atoms. The monoisotopic (exact) mass is 512 g/mol. The van der Waals surface area contributed by atoms with E-state index in [4.69, 9.17) is 4.74 Å². The van der Waals surface area contributed by atoms with Crippen molar-refractivity contribution >= 4 is 29.2 Å². The summed E-state index contributed by atoms with van der Waals surface area (Å²) >= 11 is 0. The molecule has 37 heavy (non-hydrogen) atoms. The van der Waals surface area contributed by atoms with Crippen molar-refractivity contribution in [2.75, 3.05) is 37.4 Å². The minimum Gasteiger partial charge on any atom is -0.485 e. The van der Waals surface area contributed by atoms with Gasteiger partial charge in [0.05, 0.1) is 30.4 Å². The van der Waals surface area contributed by atoms with E-state index in [1.54, 1.807) is 37.1 Å². The van der Waals surface area contributed by atoms with Crippen LogP contribution in [-0.4, -0.2) is 71.6 Å². The molecule has 2 aromatic rings. The quantitative estimate of drug-likeness (QED) is 0.525. The molecule has 1 fully saturated rings. The number of halogens is 1. The van der Waals surface area contributed by atoms with Crippen molar-refractivity contribution in [3.63, 3.8) is 0 Å². The summed E-state index contributed by atoms with van der Waals surface area (Å²) in [6.45, 7) is 3.95. The first-order valence-electron chi connectivity index (χ1n) is 12.5. The molecule has 0 radical (unpaired) electrons. The number of nitrogens with zero attached hydrogens (tertiary/aromatic N) is 2. The van der Waals surface area contributed by atoms with Gasteiger partial charge < -0.3 is 30.3 Å². The molecule has 3 atom stereocenters. The average Bonchev–Trinajstić information content (AvgIpc) is 3.73. The molecule has 1 saturated carbocycles. The minimum absolute atomic E-state index is 0.0398. The lowest BCUT2D eigenvalue weighted by Gasteiger charge is -2.38. The van der Waals surface area contributed by atoms with Crippen molar-refractivity contribution in [1.29, 1.82) is 0 Å². The van der Waals surface area contributed by atoms with Gasteiger partial charge in [-0.2, -0.15) is 0 Å². The molecule has 4 rings (SSSR count). The lowest BCUT2D eigenvalue weighted by Crippen LogP contribution is -2.50. The van der Waals surface area contributed by atoms with Crippen LogP contribution in [0.1, 0.15) is 37.0 Å². The van der Waals surface area contributed by atoms with Crippen LogP contribution in [-0.2, 0) is 4.79 Å². The second kappa shape index (κ2) is 11.2. The van der Waals surface area contributed by atoms with E-state index >= 15 is 0 Å². The van der Waals surface area contributed by atoms with Gasteiger partial charge in [-0.05, 0) is 56.2 Å². The average molecular weight is 513 g/mol. The Morgan fingerprint density at radius 3 is 2.54 bits per heavy atom. The fourth-order valence-electron chi connectivity index (χ4n) is 4.24. The maximum atomic E-state index is 13.5. The van der Waals surface area contributed by atoms with Gasteiger partial charge in [-0.15, -0.1) is 0 Å². The summed E-state index contributed by atoms with van der Waals surface area (Å²) in [5.74, 6) is -0.830. The van der Waals surface area contributed by atoms with Gasteiger partial charge >= 0.3 is 6.03 Å². The van der Waals surface area contributed by atoms with E-state index in [9.17, 15) is 23.9 Å². The molecule has 4 amide bonds. The molecule has 0 unspecified atom stereocenters. The molecule has 0 bridgehead atoms. The molecule has 2 aromatic carbocycles. The number of hydrogen-bond acceptors (Lipinski definition) is 5. The summed E-state index contributed by atoms with van der Waals surface area (Å²) in [4.78, 5) is 42.0. The molecule has 3 N–H and O–H groups in total. The highest BCUT2D eigenvalue weighted by Gasteiger charge is 2.36. The Morgan fingerprint density at radius 1 is 1.19 bits per heavy atom. The summed E-state index contributed by atoms with van der Waals surface area (Å²) in [5.41, 5.74) is 1.13. The molecule has 1 heterocycles. The first-order valence-corrected chi connectivity index (χ1v) is 12.5. The highest BCUT2D eigenvalue weighted by atomic mass is 19.1. The van der Waals surface area contributed by atoms with Gasteiger partial charge in [-0.3, -0.25) is 9.59 Å². The minimum atomic E-state index is -0.539. The summed E-state index contributed by atoms with van der Waals surface area (Å²) in [6, 6.07) is 9.65. The number of anilines is 2. The highest BCUT2D eigenvalue weighted by molar-refractivity contribution is 6.02. The number of aliphatic hydroxyl groups is 1. The van der Waals surface area contributed by atoms with Crippen molar-refractivity contribution in [1.82, 2.24) is 9.80 Å². The molecule has 0 saturated heterocycles. The van der Waals surface area contributed by atoms with E-state index in [0.29, 0.717) is 17.9 Å². The number of amides is 4. The van der Waals surface area contributed by atoms with Crippen molar-refractivity contribution in [2.24, 2.45) is 11.8 Å². The molecular weight excluding hydrogens is 479 g/mol. The number of likely N-dealkylation sites (N-methyl/N-ethyl adjacent to an activating group) is 1. The van der Waals surface area contributed by atoms with Gasteiger partial charge in [-0.1, -0.05) is 13.0 Å². The van der Waals surface area contributed by atoms with Gasteiger partial charge in [0.2, 0.25) is 5.91 Å². The van der Waals surface area contributed by atoms with Crippen LogP contribution in [0.15, 0.2) is 42.5 Å². The summed E-state index contributed by atoms with van der Waals surface area (Å²) < 4.78 is 19.6. The highest BCUT2D eigenvalue weighted by Crippen LogP contribution is 2.37. The number of fused-ring (bicyclic) bond motifs is 1. The van der Waals surface area contributed by atoms with E-state index < -0.39 is 24.0 Å². The Morgan fingerprint density at radius 2 is 1.89 bits per heavy atom. The molecule has 10 heteroatoms. The Labute approximate surface area is 215 Å². The number of urea groups is 1.